The smallest absolute Gasteiger partial charge is 0.228 e. The van der Waals surface area contributed by atoms with Crippen molar-refractivity contribution in [2.45, 2.75) is 32.6 Å². The summed E-state index contributed by atoms with van der Waals surface area (Å²) in [5.74, 6) is 1.17. The molecule has 2 fully saturated rings. The molecule has 0 bridgehead atoms. The van der Waals surface area contributed by atoms with Gasteiger partial charge >= 0.3 is 0 Å². The van der Waals surface area contributed by atoms with Gasteiger partial charge in [0.1, 0.15) is 0 Å². The van der Waals surface area contributed by atoms with Crippen LogP contribution >= 0.6 is 0 Å². The fourth-order valence-corrected chi connectivity index (χ4v) is 4.85. The van der Waals surface area contributed by atoms with Gasteiger partial charge in [-0.3, -0.25) is 14.6 Å². The molecule has 2 heterocycles. The van der Waals surface area contributed by atoms with E-state index in [4.69, 9.17) is 0 Å². The summed E-state index contributed by atoms with van der Waals surface area (Å²) in [6.07, 6.45) is 6.72. The molecule has 5 heteroatoms. The minimum absolute atomic E-state index is 0.166. The van der Waals surface area contributed by atoms with E-state index in [1.807, 2.05) is 43.3 Å². The quantitative estimate of drug-likeness (QED) is 0.763. The van der Waals surface area contributed by atoms with Crippen molar-refractivity contribution in [3.05, 3.63) is 54.4 Å². The largest absolute Gasteiger partial charge is 0.348 e. The van der Waals surface area contributed by atoms with Gasteiger partial charge in [0, 0.05) is 45.5 Å². The molecule has 1 aliphatic heterocycles. The molecule has 4 rings (SSSR count). The van der Waals surface area contributed by atoms with Gasteiger partial charge in [0.05, 0.1) is 5.41 Å². The highest BCUT2D eigenvalue weighted by Gasteiger charge is 2.47. The van der Waals surface area contributed by atoms with Crippen LogP contribution in [-0.4, -0.2) is 53.8 Å². The lowest BCUT2D eigenvalue weighted by atomic mass is 9.71. The number of carbonyl (C=O) groups is 2. The van der Waals surface area contributed by atoms with Crippen LogP contribution in [-0.2, 0) is 16.0 Å². The number of aromatic nitrogens is 1. The van der Waals surface area contributed by atoms with Crippen LogP contribution in [0.25, 0.3) is 11.1 Å². The van der Waals surface area contributed by atoms with Crippen LogP contribution in [0, 0.1) is 17.3 Å². The number of nitrogens with zero attached hydrogens (tertiary/aromatic N) is 3. The highest BCUT2D eigenvalue weighted by Crippen LogP contribution is 2.43. The van der Waals surface area contributed by atoms with E-state index in [9.17, 15) is 9.59 Å². The average Bonchev–Trinajstić information content (AvgIpc) is 3.50. The maximum absolute atomic E-state index is 13.4. The number of hydrogen-bond acceptors (Lipinski definition) is 3. The van der Waals surface area contributed by atoms with E-state index in [1.165, 1.54) is 5.56 Å². The molecule has 1 aromatic heterocycles. The third kappa shape index (κ3) is 3.98. The van der Waals surface area contributed by atoms with E-state index in [1.54, 1.807) is 17.3 Å². The number of piperidine rings is 1. The van der Waals surface area contributed by atoms with Crippen molar-refractivity contribution < 1.29 is 9.59 Å². The van der Waals surface area contributed by atoms with Crippen LogP contribution < -0.4 is 0 Å². The molecule has 158 valence electrons. The highest BCUT2D eigenvalue weighted by atomic mass is 16.2. The van der Waals surface area contributed by atoms with Crippen LogP contribution in [0.3, 0.4) is 0 Å². The van der Waals surface area contributed by atoms with Gasteiger partial charge < -0.3 is 9.80 Å². The van der Waals surface area contributed by atoms with Crippen molar-refractivity contribution in [3.63, 3.8) is 0 Å². The highest BCUT2D eigenvalue weighted by molar-refractivity contribution is 5.85. The number of carbonyl (C=O) groups excluding carboxylic acids is 2. The molecule has 2 aromatic rings. The molecular formula is C25H31N3O2. The summed E-state index contributed by atoms with van der Waals surface area (Å²) >= 11 is 0. The van der Waals surface area contributed by atoms with Crippen molar-refractivity contribution >= 4 is 11.8 Å². The second-order valence-corrected chi connectivity index (χ2v) is 9.19. The predicted octanol–water partition coefficient (Wildman–Crippen LogP) is 3.64. The third-order valence-corrected chi connectivity index (χ3v) is 6.86. The van der Waals surface area contributed by atoms with Crippen LogP contribution in [0.4, 0.5) is 0 Å². The Labute approximate surface area is 179 Å². The SMILES string of the molecule is C[C@H]1C[C@@H]1C(=O)N1CCC(Cc2ccccc2-c2ccncc2)(C(=O)N(C)C)CC1. The Morgan fingerprint density at radius 3 is 2.33 bits per heavy atom. The van der Waals surface area contributed by atoms with Gasteiger partial charge in [0.2, 0.25) is 11.8 Å². The predicted molar refractivity (Wildman–Crippen MR) is 118 cm³/mol. The van der Waals surface area contributed by atoms with Gasteiger partial charge in [0.25, 0.3) is 0 Å². The van der Waals surface area contributed by atoms with E-state index in [2.05, 4.69) is 24.0 Å². The third-order valence-electron chi connectivity index (χ3n) is 6.86. The number of benzene rings is 1. The standard InChI is InChI=1S/C25H31N3O2/c1-18-16-22(18)23(29)28-14-10-25(11-15-28,24(30)27(2)3)17-20-6-4-5-7-21(20)19-8-12-26-13-9-19/h4-9,12-13,18,22H,10-11,14-17H2,1-3H3/t18-,22-/m0/s1. The molecule has 1 aliphatic carbocycles. The van der Waals surface area contributed by atoms with E-state index in [-0.39, 0.29) is 17.7 Å². The molecule has 0 spiro atoms. The molecule has 0 N–H and O–H groups in total. The Kier molecular flexibility index (Phi) is 5.63. The fourth-order valence-electron chi connectivity index (χ4n) is 4.85. The number of likely N-dealkylation sites (tertiary alicyclic amines) is 1. The number of rotatable bonds is 5. The number of pyridine rings is 1. The normalized spacial score (nSPS) is 22.4. The van der Waals surface area contributed by atoms with Crippen LogP contribution in [0.1, 0.15) is 31.7 Å². The zero-order valence-electron chi connectivity index (χ0n) is 18.2. The maximum Gasteiger partial charge on any atom is 0.228 e. The van der Waals surface area contributed by atoms with Crippen molar-refractivity contribution in [1.29, 1.82) is 0 Å². The molecule has 2 amide bonds. The van der Waals surface area contributed by atoms with Crippen molar-refractivity contribution in [1.82, 2.24) is 14.8 Å². The number of amides is 2. The van der Waals surface area contributed by atoms with Gasteiger partial charge in [0.15, 0.2) is 0 Å². The van der Waals surface area contributed by atoms with Crippen LogP contribution in [0.2, 0.25) is 0 Å². The summed E-state index contributed by atoms with van der Waals surface area (Å²) in [6, 6.07) is 12.4. The van der Waals surface area contributed by atoms with Gasteiger partial charge in [-0.25, -0.2) is 0 Å². The van der Waals surface area contributed by atoms with E-state index < -0.39 is 5.41 Å². The molecule has 0 radical (unpaired) electrons. The monoisotopic (exact) mass is 405 g/mol. The zero-order chi connectivity index (χ0) is 21.3. The molecule has 5 nitrogen and oxygen atoms in total. The minimum Gasteiger partial charge on any atom is -0.348 e. The maximum atomic E-state index is 13.4. The summed E-state index contributed by atoms with van der Waals surface area (Å²) in [6.45, 7) is 3.47. The Balaban J connectivity index is 1.59. The van der Waals surface area contributed by atoms with E-state index in [0.717, 1.165) is 17.5 Å². The molecule has 1 saturated carbocycles. The lowest BCUT2D eigenvalue weighted by Gasteiger charge is -2.42. The first-order chi connectivity index (χ1) is 14.4. The Morgan fingerprint density at radius 2 is 1.73 bits per heavy atom. The summed E-state index contributed by atoms with van der Waals surface area (Å²) < 4.78 is 0. The first-order valence-corrected chi connectivity index (χ1v) is 10.9. The van der Waals surface area contributed by atoms with Gasteiger partial charge in [-0.05, 0) is 60.4 Å². The van der Waals surface area contributed by atoms with Crippen LogP contribution in [0.5, 0.6) is 0 Å². The molecule has 0 unspecified atom stereocenters. The van der Waals surface area contributed by atoms with Crippen LogP contribution in [0.15, 0.2) is 48.8 Å². The molecular weight excluding hydrogens is 374 g/mol. The first kappa shape index (κ1) is 20.6. The molecule has 2 atom stereocenters. The lowest BCUT2D eigenvalue weighted by molar-refractivity contribution is -0.146. The Hall–Kier alpha value is -2.69. The summed E-state index contributed by atoms with van der Waals surface area (Å²) in [7, 11) is 3.67. The summed E-state index contributed by atoms with van der Waals surface area (Å²) in [5.41, 5.74) is 2.97. The lowest BCUT2D eigenvalue weighted by Crippen LogP contribution is -2.51. The molecule has 1 saturated heterocycles. The second kappa shape index (κ2) is 8.21. The first-order valence-electron chi connectivity index (χ1n) is 10.9. The van der Waals surface area contributed by atoms with Crippen molar-refractivity contribution in [2.75, 3.05) is 27.2 Å². The van der Waals surface area contributed by atoms with Gasteiger partial charge in [-0.1, -0.05) is 31.2 Å². The minimum atomic E-state index is -0.474. The molecule has 2 aliphatic rings. The Morgan fingerprint density at radius 1 is 1.10 bits per heavy atom. The Bertz CT molecular complexity index is 917. The topological polar surface area (TPSA) is 53.5 Å². The fraction of sp³-hybridized carbons (Fsp3) is 0.480. The second-order valence-electron chi connectivity index (χ2n) is 9.19. The van der Waals surface area contributed by atoms with Gasteiger partial charge in [-0.2, -0.15) is 0 Å². The summed E-state index contributed by atoms with van der Waals surface area (Å²) in [4.78, 5) is 33.9. The average molecular weight is 406 g/mol. The zero-order valence-corrected chi connectivity index (χ0v) is 18.2. The molecule has 30 heavy (non-hydrogen) atoms. The van der Waals surface area contributed by atoms with E-state index in [0.29, 0.717) is 38.3 Å². The summed E-state index contributed by atoms with van der Waals surface area (Å²) in [5, 5.41) is 0. The molecule has 1 aromatic carbocycles. The van der Waals surface area contributed by atoms with E-state index >= 15 is 0 Å². The van der Waals surface area contributed by atoms with Gasteiger partial charge in [-0.15, -0.1) is 0 Å². The number of hydrogen-bond donors (Lipinski definition) is 0. The van der Waals surface area contributed by atoms with Crippen molar-refractivity contribution in [3.8, 4) is 11.1 Å². The van der Waals surface area contributed by atoms with Crippen molar-refractivity contribution in [2.24, 2.45) is 17.3 Å².